The van der Waals surface area contributed by atoms with Crippen LogP contribution in [0.5, 0.6) is 0 Å². The molecule has 0 aliphatic rings. The zero-order valence-electron chi connectivity index (χ0n) is 8.63. The van der Waals surface area contributed by atoms with Crippen molar-refractivity contribution in [2.45, 2.75) is 27.2 Å². The summed E-state index contributed by atoms with van der Waals surface area (Å²) < 4.78 is 0. The van der Waals surface area contributed by atoms with E-state index in [2.05, 4.69) is 10.3 Å². The molecule has 0 aliphatic carbocycles. The predicted molar refractivity (Wildman–Crippen MR) is 59.5 cm³/mol. The average Bonchev–Trinajstić information content (AvgIpc) is 2.51. The highest BCUT2D eigenvalue weighted by atomic mass is 32.1. The molecule has 0 bridgehead atoms. The number of aryl methyl sites for hydroxylation is 1. The Bertz CT molecular complexity index is 355. The summed E-state index contributed by atoms with van der Waals surface area (Å²) in [7, 11) is 0. The molecule has 1 amide bonds. The maximum atomic E-state index is 11.5. The molecule has 0 radical (unpaired) electrons. The minimum atomic E-state index is -0.0683. The number of allylic oxidation sites excluding steroid dienone is 1. The second kappa shape index (κ2) is 4.91. The summed E-state index contributed by atoms with van der Waals surface area (Å²) in [6, 6.07) is 0. The highest BCUT2D eigenvalue weighted by molar-refractivity contribution is 7.13. The van der Waals surface area contributed by atoms with Crippen molar-refractivity contribution >= 4 is 22.4 Å². The number of nitrogens with zero attached hydrogens (tertiary/aromatic N) is 1. The van der Waals surface area contributed by atoms with Crippen molar-refractivity contribution in [3.8, 4) is 0 Å². The van der Waals surface area contributed by atoms with E-state index < -0.39 is 0 Å². The van der Waals surface area contributed by atoms with E-state index in [1.807, 2.05) is 25.3 Å². The Kier molecular flexibility index (Phi) is 3.83. The number of anilines is 1. The van der Waals surface area contributed by atoms with E-state index in [0.717, 1.165) is 17.7 Å². The van der Waals surface area contributed by atoms with Crippen LogP contribution in [0.15, 0.2) is 17.0 Å². The standard InChI is InChI=1S/C10H14N2OS/c1-4-5-7(2)9(13)12-10-11-8(3)6-14-10/h5-6H,4H2,1-3H3,(H,11,12,13)/b7-5-. The molecule has 1 aromatic rings. The Morgan fingerprint density at radius 3 is 2.93 bits per heavy atom. The molecular weight excluding hydrogens is 196 g/mol. The van der Waals surface area contributed by atoms with Gasteiger partial charge in [-0.15, -0.1) is 11.3 Å². The molecule has 4 heteroatoms. The largest absolute Gasteiger partial charge is 0.298 e. The molecular formula is C10H14N2OS. The van der Waals surface area contributed by atoms with Crippen molar-refractivity contribution in [2.24, 2.45) is 0 Å². The molecule has 1 aromatic heterocycles. The van der Waals surface area contributed by atoms with Crippen molar-refractivity contribution in [3.63, 3.8) is 0 Å². The van der Waals surface area contributed by atoms with Crippen LogP contribution < -0.4 is 5.32 Å². The van der Waals surface area contributed by atoms with Gasteiger partial charge in [-0.1, -0.05) is 13.0 Å². The normalized spacial score (nSPS) is 11.5. The van der Waals surface area contributed by atoms with Crippen LogP contribution in [-0.4, -0.2) is 10.9 Å². The lowest BCUT2D eigenvalue weighted by atomic mass is 10.2. The molecule has 0 saturated heterocycles. The first-order chi connectivity index (χ1) is 6.63. The van der Waals surface area contributed by atoms with E-state index in [-0.39, 0.29) is 5.91 Å². The summed E-state index contributed by atoms with van der Waals surface area (Å²) in [5.41, 5.74) is 1.67. The second-order valence-corrected chi connectivity index (χ2v) is 3.90. The monoisotopic (exact) mass is 210 g/mol. The van der Waals surface area contributed by atoms with Gasteiger partial charge in [0.2, 0.25) is 0 Å². The quantitative estimate of drug-likeness (QED) is 0.779. The van der Waals surface area contributed by atoms with Crippen molar-refractivity contribution in [1.82, 2.24) is 4.98 Å². The Labute approximate surface area is 87.9 Å². The van der Waals surface area contributed by atoms with E-state index >= 15 is 0 Å². The van der Waals surface area contributed by atoms with Crippen LogP contribution in [0.4, 0.5) is 5.13 Å². The smallest absolute Gasteiger partial charge is 0.252 e. The lowest BCUT2D eigenvalue weighted by molar-refractivity contribution is -0.112. The first kappa shape index (κ1) is 10.9. The lowest BCUT2D eigenvalue weighted by Crippen LogP contribution is -2.12. The van der Waals surface area contributed by atoms with Gasteiger partial charge in [-0.05, 0) is 20.3 Å². The van der Waals surface area contributed by atoms with Gasteiger partial charge in [0, 0.05) is 11.0 Å². The zero-order chi connectivity index (χ0) is 10.6. The first-order valence-corrected chi connectivity index (χ1v) is 5.41. The van der Waals surface area contributed by atoms with E-state index in [9.17, 15) is 4.79 Å². The fraction of sp³-hybridized carbons (Fsp3) is 0.400. The van der Waals surface area contributed by atoms with Crippen LogP contribution >= 0.6 is 11.3 Å². The molecule has 0 saturated carbocycles. The van der Waals surface area contributed by atoms with Crippen molar-refractivity contribution in [3.05, 3.63) is 22.7 Å². The SMILES string of the molecule is CC/C=C(/C)C(=O)Nc1nc(C)cs1. The van der Waals surface area contributed by atoms with Gasteiger partial charge in [0.25, 0.3) is 5.91 Å². The van der Waals surface area contributed by atoms with E-state index in [1.165, 1.54) is 11.3 Å². The molecule has 0 atom stereocenters. The molecule has 1 N–H and O–H groups in total. The average molecular weight is 210 g/mol. The zero-order valence-corrected chi connectivity index (χ0v) is 9.44. The molecule has 14 heavy (non-hydrogen) atoms. The first-order valence-electron chi connectivity index (χ1n) is 4.53. The number of hydrogen-bond acceptors (Lipinski definition) is 3. The van der Waals surface area contributed by atoms with Crippen LogP contribution in [0.1, 0.15) is 26.0 Å². The second-order valence-electron chi connectivity index (χ2n) is 3.04. The maximum Gasteiger partial charge on any atom is 0.252 e. The van der Waals surface area contributed by atoms with Gasteiger partial charge >= 0.3 is 0 Å². The number of thiazole rings is 1. The Morgan fingerprint density at radius 1 is 1.71 bits per heavy atom. The van der Waals surface area contributed by atoms with Crippen molar-refractivity contribution in [1.29, 1.82) is 0 Å². The molecule has 0 fully saturated rings. The van der Waals surface area contributed by atoms with E-state index in [4.69, 9.17) is 0 Å². The van der Waals surface area contributed by atoms with Gasteiger partial charge in [-0.25, -0.2) is 4.98 Å². The molecule has 0 aromatic carbocycles. The Morgan fingerprint density at radius 2 is 2.43 bits per heavy atom. The highest BCUT2D eigenvalue weighted by Gasteiger charge is 2.06. The summed E-state index contributed by atoms with van der Waals surface area (Å²) in [6.45, 7) is 5.71. The van der Waals surface area contributed by atoms with Gasteiger partial charge in [-0.2, -0.15) is 0 Å². The third kappa shape index (κ3) is 2.96. The minimum Gasteiger partial charge on any atom is -0.298 e. The van der Waals surface area contributed by atoms with Crippen LogP contribution in [0.3, 0.4) is 0 Å². The van der Waals surface area contributed by atoms with Crippen molar-refractivity contribution in [2.75, 3.05) is 5.32 Å². The van der Waals surface area contributed by atoms with Crippen LogP contribution in [0, 0.1) is 6.92 Å². The molecule has 3 nitrogen and oxygen atoms in total. The number of amides is 1. The number of carbonyl (C=O) groups is 1. The molecule has 0 spiro atoms. The molecule has 1 heterocycles. The number of carbonyl (C=O) groups excluding carboxylic acids is 1. The van der Waals surface area contributed by atoms with Crippen LogP contribution in [0.25, 0.3) is 0 Å². The number of aromatic nitrogens is 1. The molecule has 0 unspecified atom stereocenters. The van der Waals surface area contributed by atoms with Gasteiger partial charge in [-0.3, -0.25) is 10.1 Å². The fourth-order valence-electron chi connectivity index (χ4n) is 1.01. The lowest BCUT2D eigenvalue weighted by Gasteiger charge is -2.00. The summed E-state index contributed by atoms with van der Waals surface area (Å²) in [4.78, 5) is 15.7. The third-order valence-corrected chi connectivity index (χ3v) is 2.58. The maximum absolute atomic E-state index is 11.5. The van der Waals surface area contributed by atoms with Gasteiger partial charge < -0.3 is 0 Å². The van der Waals surface area contributed by atoms with Crippen LogP contribution in [0.2, 0.25) is 0 Å². The molecule has 1 rings (SSSR count). The predicted octanol–water partition coefficient (Wildman–Crippen LogP) is 2.75. The Balaban J connectivity index is 2.61. The third-order valence-electron chi connectivity index (χ3n) is 1.71. The summed E-state index contributed by atoms with van der Waals surface area (Å²) in [6.07, 6.45) is 2.77. The number of nitrogens with one attached hydrogen (secondary N) is 1. The van der Waals surface area contributed by atoms with E-state index in [0.29, 0.717) is 5.13 Å². The summed E-state index contributed by atoms with van der Waals surface area (Å²) in [5, 5.41) is 5.32. The van der Waals surface area contributed by atoms with Gasteiger partial charge in [0.05, 0.1) is 5.69 Å². The fourth-order valence-corrected chi connectivity index (χ4v) is 1.69. The van der Waals surface area contributed by atoms with Gasteiger partial charge in [0.15, 0.2) is 5.13 Å². The van der Waals surface area contributed by atoms with Crippen molar-refractivity contribution < 1.29 is 4.79 Å². The highest BCUT2D eigenvalue weighted by Crippen LogP contribution is 2.15. The topological polar surface area (TPSA) is 42.0 Å². The van der Waals surface area contributed by atoms with Gasteiger partial charge in [0.1, 0.15) is 0 Å². The minimum absolute atomic E-state index is 0.0683. The van der Waals surface area contributed by atoms with Crippen LogP contribution in [-0.2, 0) is 4.79 Å². The summed E-state index contributed by atoms with van der Waals surface area (Å²) in [5.74, 6) is -0.0683. The number of rotatable bonds is 3. The number of hydrogen-bond donors (Lipinski definition) is 1. The Hall–Kier alpha value is -1.16. The molecule has 76 valence electrons. The van der Waals surface area contributed by atoms with E-state index in [1.54, 1.807) is 6.92 Å². The summed E-state index contributed by atoms with van der Waals surface area (Å²) >= 11 is 1.44. The molecule has 0 aliphatic heterocycles.